The predicted octanol–water partition coefficient (Wildman–Crippen LogP) is 5.72. The topological polar surface area (TPSA) is 58.9 Å². The molecule has 0 radical (unpaired) electrons. The van der Waals surface area contributed by atoms with E-state index in [4.69, 9.17) is 0 Å². The zero-order valence-electron chi connectivity index (χ0n) is 18.4. The van der Waals surface area contributed by atoms with Crippen LogP contribution < -0.4 is 0 Å². The molecule has 4 aromatic carbocycles. The summed E-state index contributed by atoms with van der Waals surface area (Å²) in [6, 6.07) is 36.0. The highest BCUT2D eigenvalue weighted by Gasteiger charge is 2.44. The number of carbonyl (C=O) groups is 2. The molecule has 0 aromatic heterocycles. The highest BCUT2D eigenvalue weighted by molar-refractivity contribution is 6.38. The van der Waals surface area contributed by atoms with E-state index >= 15 is 0 Å². The number of carbonyl (C=O) groups excluding carboxylic acids is 2. The molecular weight excluding hydrogens is 420 g/mol. The molecule has 0 saturated carbocycles. The second kappa shape index (κ2) is 9.59. The van der Waals surface area contributed by atoms with Crippen molar-refractivity contribution in [1.82, 2.24) is 0 Å². The van der Waals surface area contributed by atoms with Crippen LogP contribution in [-0.4, -0.2) is 23.5 Å². The van der Waals surface area contributed by atoms with Crippen molar-refractivity contribution in [3.05, 3.63) is 143 Å². The van der Waals surface area contributed by atoms with Crippen LogP contribution >= 0.6 is 0 Å². The molecule has 0 aliphatic heterocycles. The van der Waals surface area contributed by atoms with Gasteiger partial charge in [0.2, 0.25) is 0 Å². The van der Waals surface area contributed by atoms with Gasteiger partial charge >= 0.3 is 0 Å². The van der Waals surface area contributed by atoms with E-state index in [1.807, 2.05) is 103 Å². The summed E-state index contributed by atoms with van der Waals surface area (Å²) < 4.78 is 0. The number of fused-ring (bicyclic) bond motifs is 1. The second-order valence-corrected chi connectivity index (χ2v) is 8.14. The molecule has 0 amide bonds. The van der Waals surface area contributed by atoms with E-state index < -0.39 is 11.8 Å². The van der Waals surface area contributed by atoms with Gasteiger partial charge in [-0.25, -0.2) is 0 Å². The highest BCUT2D eigenvalue weighted by atomic mass is 16.2. The van der Waals surface area contributed by atoms with Crippen LogP contribution in [0, 0.1) is 5.92 Å². The number of hydrogen-bond donors (Lipinski definition) is 0. The Morgan fingerprint density at radius 3 is 1.76 bits per heavy atom. The smallest absolute Gasteiger partial charge is 0.180 e. The maximum Gasteiger partial charge on any atom is 0.180 e. The van der Waals surface area contributed by atoms with Gasteiger partial charge in [-0.2, -0.15) is 10.2 Å². The third-order valence-electron chi connectivity index (χ3n) is 6.01. The van der Waals surface area contributed by atoms with Gasteiger partial charge in [0.25, 0.3) is 0 Å². The largest absolute Gasteiger partial charge is 0.297 e. The first-order chi connectivity index (χ1) is 16.7. The lowest BCUT2D eigenvalue weighted by Crippen LogP contribution is -2.31. The number of ketones is 2. The highest BCUT2D eigenvalue weighted by Crippen LogP contribution is 2.35. The molecule has 34 heavy (non-hydrogen) atoms. The fraction of sp³-hybridized carbons (Fsp3) is 0.0667. The van der Waals surface area contributed by atoms with Gasteiger partial charge in [0.15, 0.2) is 11.6 Å². The molecule has 4 heteroatoms. The zero-order chi connectivity index (χ0) is 23.3. The van der Waals surface area contributed by atoms with E-state index in [1.54, 1.807) is 18.3 Å². The van der Waals surface area contributed by atoms with Crippen LogP contribution in [0.25, 0.3) is 0 Å². The van der Waals surface area contributed by atoms with Crippen molar-refractivity contribution in [2.75, 3.05) is 0 Å². The van der Waals surface area contributed by atoms with E-state index in [2.05, 4.69) is 10.2 Å². The monoisotopic (exact) mass is 442 g/mol. The molecule has 1 unspecified atom stereocenters. The Kier molecular flexibility index (Phi) is 6.04. The number of rotatable bonds is 6. The fourth-order valence-electron chi connectivity index (χ4n) is 4.41. The van der Waals surface area contributed by atoms with Crippen molar-refractivity contribution in [2.24, 2.45) is 16.1 Å². The Labute approximate surface area is 198 Å². The average molecular weight is 443 g/mol. The van der Waals surface area contributed by atoms with Crippen molar-refractivity contribution in [1.29, 1.82) is 0 Å². The Morgan fingerprint density at radius 1 is 0.676 bits per heavy atom. The summed E-state index contributed by atoms with van der Waals surface area (Å²) in [7, 11) is 0. The van der Waals surface area contributed by atoms with Gasteiger partial charge in [0.05, 0.1) is 17.8 Å². The Morgan fingerprint density at radius 2 is 1.18 bits per heavy atom. The molecule has 4 nitrogen and oxygen atoms in total. The lowest BCUT2D eigenvalue weighted by molar-refractivity contribution is -0.120. The third kappa shape index (κ3) is 4.14. The SMILES string of the molecule is O=C1c2ccccc2/C(=N/N=C/c2ccccc2)C1C(=O)C(c1ccccc1)c1ccccc1. The fourth-order valence-corrected chi connectivity index (χ4v) is 4.41. The van der Waals surface area contributed by atoms with Crippen LogP contribution in [0.1, 0.15) is 38.5 Å². The van der Waals surface area contributed by atoms with E-state index in [-0.39, 0.29) is 11.6 Å². The van der Waals surface area contributed by atoms with Gasteiger partial charge in [-0.05, 0) is 16.7 Å². The lowest BCUT2D eigenvalue weighted by Gasteiger charge is -2.20. The van der Waals surface area contributed by atoms with Gasteiger partial charge in [-0.15, -0.1) is 0 Å². The van der Waals surface area contributed by atoms with Crippen LogP contribution in [0.15, 0.2) is 125 Å². The van der Waals surface area contributed by atoms with Gasteiger partial charge < -0.3 is 0 Å². The number of benzene rings is 4. The summed E-state index contributed by atoms with van der Waals surface area (Å²) >= 11 is 0. The maximum absolute atomic E-state index is 14.1. The van der Waals surface area contributed by atoms with Crippen molar-refractivity contribution in [3.63, 3.8) is 0 Å². The standard InChI is InChI=1S/C30H22N2O2/c33-29-25-19-11-10-18-24(25)28(32-31-20-21-12-4-1-5-13-21)27(29)30(34)26(22-14-6-2-7-15-22)23-16-8-3-9-17-23/h1-20,26-27H/b31-20+,32-28-. The normalized spacial score (nSPS) is 16.3. The molecule has 0 fully saturated rings. The molecule has 0 saturated heterocycles. The van der Waals surface area contributed by atoms with E-state index in [9.17, 15) is 9.59 Å². The first-order valence-corrected chi connectivity index (χ1v) is 11.2. The average Bonchev–Trinajstić information content (AvgIpc) is 3.18. The zero-order valence-corrected chi connectivity index (χ0v) is 18.4. The summed E-state index contributed by atoms with van der Waals surface area (Å²) in [5.41, 5.74) is 4.14. The summed E-state index contributed by atoms with van der Waals surface area (Å²) in [5, 5.41) is 8.68. The van der Waals surface area contributed by atoms with Gasteiger partial charge in [0.1, 0.15) is 5.92 Å². The maximum atomic E-state index is 14.1. The van der Waals surface area contributed by atoms with Crippen LogP contribution in [0.5, 0.6) is 0 Å². The molecule has 0 N–H and O–H groups in total. The lowest BCUT2D eigenvalue weighted by atomic mass is 9.80. The Bertz CT molecular complexity index is 1340. The molecular formula is C30H22N2O2. The van der Waals surface area contributed by atoms with Gasteiger partial charge in [-0.1, -0.05) is 115 Å². The van der Waals surface area contributed by atoms with Crippen LogP contribution in [0.4, 0.5) is 0 Å². The van der Waals surface area contributed by atoms with Crippen molar-refractivity contribution in [2.45, 2.75) is 5.92 Å². The first-order valence-electron chi connectivity index (χ1n) is 11.2. The van der Waals surface area contributed by atoms with Crippen molar-refractivity contribution in [3.8, 4) is 0 Å². The van der Waals surface area contributed by atoms with Crippen molar-refractivity contribution < 1.29 is 9.59 Å². The minimum absolute atomic E-state index is 0.202. The molecule has 1 atom stereocenters. The predicted molar refractivity (Wildman–Crippen MR) is 135 cm³/mol. The summed E-state index contributed by atoms with van der Waals surface area (Å²) in [6.07, 6.45) is 1.63. The molecule has 0 bridgehead atoms. The molecule has 5 rings (SSSR count). The number of Topliss-reactive ketones (excluding diaryl/α,β-unsaturated/α-hetero) is 2. The molecule has 4 aromatic rings. The van der Waals surface area contributed by atoms with Crippen LogP contribution in [0.2, 0.25) is 0 Å². The number of nitrogens with zero attached hydrogens (tertiary/aromatic N) is 2. The van der Waals surface area contributed by atoms with E-state index in [0.29, 0.717) is 16.8 Å². The molecule has 1 aliphatic carbocycles. The Balaban J connectivity index is 1.59. The summed E-state index contributed by atoms with van der Waals surface area (Å²) in [5.74, 6) is -2.04. The number of hydrogen-bond acceptors (Lipinski definition) is 4. The second-order valence-electron chi connectivity index (χ2n) is 8.14. The first kappa shape index (κ1) is 21.4. The molecule has 1 aliphatic rings. The third-order valence-corrected chi connectivity index (χ3v) is 6.01. The van der Waals surface area contributed by atoms with Crippen LogP contribution in [-0.2, 0) is 4.79 Å². The summed E-state index contributed by atoms with van der Waals surface area (Å²) in [4.78, 5) is 27.6. The van der Waals surface area contributed by atoms with E-state index in [1.165, 1.54) is 0 Å². The Hall–Kier alpha value is -4.44. The minimum Gasteiger partial charge on any atom is -0.297 e. The van der Waals surface area contributed by atoms with Crippen LogP contribution in [0.3, 0.4) is 0 Å². The molecule has 0 spiro atoms. The summed E-state index contributed by atoms with van der Waals surface area (Å²) in [6.45, 7) is 0. The van der Waals surface area contributed by atoms with Gasteiger partial charge in [0, 0.05) is 11.1 Å². The van der Waals surface area contributed by atoms with Crippen molar-refractivity contribution >= 4 is 23.5 Å². The minimum atomic E-state index is -1.02. The quantitative estimate of drug-likeness (QED) is 0.218. The van der Waals surface area contributed by atoms with Gasteiger partial charge in [-0.3, -0.25) is 9.59 Å². The molecule has 0 heterocycles. The van der Waals surface area contributed by atoms with E-state index in [0.717, 1.165) is 16.7 Å². The molecule has 164 valence electrons.